The van der Waals surface area contributed by atoms with E-state index in [1.165, 1.54) is 16.9 Å². The van der Waals surface area contributed by atoms with Crippen molar-refractivity contribution < 1.29 is 0 Å². The van der Waals surface area contributed by atoms with Gasteiger partial charge in [0.05, 0.1) is 0 Å². The third-order valence-electron chi connectivity index (χ3n) is 2.44. The van der Waals surface area contributed by atoms with Crippen LogP contribution in [-0.4, -0.2) is 18.6 Å². The van der Waals surface area contributed by atoms with Gasteiger partial charge in [-0.15, -0.1) is 11.3 Å². The Kier molecular flexibility index (Phi) is 5.46. The zero-order valence-corrected chi connectivity index (χ0v) is 11.7. The van der Waals surface area contributed by atoms with Crippen molar-refractivity contribution in [1.82, 2.24) is 10.6 Å². The molecule has 0 radical (unpaired) electrons. The van der Waals surface area contributed by atoms with E-state index >= 15 is 0 Å². The van der Waals surface area contributed by atoms with Crippen molar-refractivity contribution in [3.63, 3.8) is 0 Å². The Labute approximate surface area is 103 Å². The average molecular weight is 240 g/mol. The van der Waals surface area contributed by atoms with Crippen molar-refractivity contribution in [1.29, 1.82) is 0 Å². The molecule has 2 N–H and O–H groups in total. The van der Waals surface area contributed by atoms with E-state index < -0.39 is 0 Å². The fourth-order valence-corrected chi connectivity index (χ4v) is 2.34. The van der Waals surface area contributed by atoms with Gasteiger partial charge in [0.25, 0.3) is 0 Å². The van der Waals surface area contributed by atoms with E-state index in [0.717, 1.165) is 19.6 Å². The molecule has 0 saturated carbocycles. The van der Waals surface area contributed by atoms with E-state index in [1.807, 2.05) is 11.3 Å². The third-order valence-corrected chi connectivity index (χ3v) is 3.46. The summed E-state index contributed by atoms with van der Waals surface area (Å²) in [4.78, 5) is 1.46. The zero-order chi connectivity index (χ0) is 12.0. The number of thiophene rings is 1. The maximum Gasteiger partial charge on any atom is 0.0302 e. The molecule has 0 aliphatic carbocycles. The highest BCUT2D eigenvalue weighted by atomic mass is 32.1. The Morgan fingerprint density at radius 1 is 1.25 bits per heavy atom. The van der Waals surface area contributed by atoms with Crippen LogP contribution in [0.4, 0.5) is 0 Å². The fraction of sp³-hybridized carbons (Fsp3) is 0.692. The molecule has 0 spiro atoms. The van der Waals surface area contributed by atoms with E-state index in [2.05, 4.69) is 49.8 Å². The molecule has 1 heterocycles. The maximum atomic E-state index is 3.49. The highest BCUT2D eigenvalue weighted by molar-refractivity contribution is 7.10. The van der Waals surface area contributed by atoms with E-state index in [9.17, 15) is 0 Å². The third kappa shape index (κ3) is 5.64. The van der Waals surface area contributed by atoms with Crippen molar-refractivity contribution in [2.45, 2.75) is 46.2 Å². The monoisotopic (exact) mass is 240 g/mol. The second-order valence-electron chi connectivity index (χ2n) is 5.23. The summed E-state index contributed by atoms with van der Waals surface area (Å²) in [5.41, 5.74) is 1.65. The minimum atomic E-state index is 0.240. The van der Waals surface area contributed by atoms with Crippen molar-refractivity contribution >= 4 is 11.3 Å². The van der Waals surface area contributed by atoms with Crippen LogP contribution in [0.5, 0.6) is 0 Å². The van der Waals surface area contributed by atoms with Gasteiger partial charge in [0.1, 0.15) is 0 Å². The molecule has 0 atom stereocenters. The van der Waals surface area contributed by atoms with Crippen molar-refractivity contribution in [2.75, 3.05) is 13.1 Å². The highest BCUT2D eigenvalue weighted by Gasteiger charge is 2.06. The summed E-state index contributed by atoms with van der Waals surface area (Å²) in [5.74, 6) is 0. The SMILES string of the molecule is Cc1ccsc1CNCCCNC(C)(C)C. The van der Waals surface area contributed by atoms with Crippen LogP contribution in [0.15, 0.2) is 11.4 Å². The standard InChI is InChI=1S/C13H24N2S/c1-11-6-9-16-12(11)10-14-7-5-8-15-13(2,3)4/h6,9,14-15H,5,7-8,10H2,1-4H3. The van der Waals surface area contributed by atoms with Gasteiger partial charge in [-0.05, 0) is 64.2 Å². The highest BCUT2D eigenvalue weighted by Crippen LogP contribution is 2.14. The fourth-order valence-electron chi connectivity index (χ4n) is 1.46. The summed E-state index contributed by atoms with van der Waals surface area (Å²) in [6.07, 6.45) is 1.18. The van der Waals surface area contributed by atoms with Crippen molar-refractivity contribution in [2.24, 2.45) is 0 Å². The van der Waals surface area contributed by atoms with E-state index in [-0.39, 0.29) is 5.54 Å². The lowest BCUT2D eigenvalue weighted by Gasteiger charge is -2.20. The Balaban J connectivity index is 2.03. The first kappa shape index (κ1) is 13.7. The minimum absolute atomic E-state index is 0.240. The summed E-state index contributed by atoms with van der Waals surface area (Å²) < 4.78 is 0. The van der Waals surface area contributed by atoms with Gasteiger partial charge in [-0.1, -0.05) is 0 Å². The van der Waals surface area contributed by atoms with Crippen molar-refractivity contribution in [3.8, 4) is 0 Å². The topological polar surface area (TPSA) is 24.1 Å². The molecule has 0 unspecified atom stereocenters. The van der Waals surface area contributed by atoms with Gasteiger partial charge in [-0.25, -0.2) is 0 Å². The van der Waals surface area contributed by atoms with E-state index in [1.54, 1.807) is 0 Å². The van der Waals surface area contributed by atoms with Crippen LogP contribution >= 0.6 is 11.3 Å². The predicted octanol–water partition coefficient (Wildman–Crippen LogP) is 2.92. The van der Waals surface area contributed by atoms with Gasteiger partial charge in [-0.3, -0.25) is 0 Å². The lowest BCUT2D eigenvalue weighted by atomic mass is 10.1. The average Bonchev–Trinajstić information content (AvgIpc) is 2.56. The quantitative estimate of drug-likeness (QED) is 0.747. The van der Waals surface area contributed by atoms with E-state index in [0.29, 0.717) is 0 Å². The van der Waals surface area contributed by atoms with Crippen LogP contribution in [-0.2, 0) is 6.54 Å². The Morgan fingerprint density at radius 3 is 2.56 bits per heavy atom. The van der Waals surface area contributed by atoms with Crippen LogP contribution in [0, 0.1) is 6.92 Å². The number of nitrogens with one attached hydrogen (secondary N) is 2. The smallest absolute Gasteiger partial charge is 0.0302 e. The number of rotatable bonds is 6. The predicted molar refractivity (Wildman–Crippen MR) is 73.1 cm³/mol. The van der Waals surface area contributed by atoms with Crippen LogP contribution in [0.3, 0.4) is 0 Å². The Morgan fingerprint density at radius 2 is 2.00 bits per heavy atom. The van der Waals surface area contributed by atoms with Gasteiger partial charge in [-0.2, -0.15) is 0 Å². The lowest BCUT2D eigenvalue weighted by molar-refractivity contribution is 0.418. The first-order valence-corrected chi connectivity index (χ1v) is 6.86. The Bertz CT molecular complexity index is 299. The van der Waals surface area contributed by atoms with Gasteiger partial charge < -0.3 is 10.6 Å². The second kappa shape index (κ2) is 6.38. The molecule has 0 aromatic carbocycles. The molecule has 0 bridgehead atoms. The molecule has 0 aliphatic rings. The zero-order valence-electron chi connectivity index (χ0n) is 10.9. The normalized spacial score (nSPS) is 12.0. The van der Waals surface area contributed by atoms with Gasteiger partial charge in [0, 0.05) is 17.0 Å². The first-order chi connectivity index (χ1) is 7.49. The van der Waals surface area contributed by atoms with Crippen LogP contribution < -0.4 is 10.6 Å². The minimum Gasteiger partial charge on any atom is -0.312 e. The Hall–Kier alpha value is -0.380. The van der Waals surface area contributed by atoms with E-state index in [4.69, 9.17) is 0 Å². The molecule has 1 aromatic rings. The summed E-state index contributed by atoms with van der Waals surface area (Å²) in [7, 11) is 0. The number of aryl methyl sites for hydroxylation is 1. The van der Waals surface area contributed by atoms with Crippen LogP contribution in [0.2, 0.25) is 0 Å². The summed E-state index contributed by atoms with van der Waals surface area (Å²) in [6.45, 7) is 12.0. The molecule has 3 heteroatoms. The summed E-state index contributed by atoms with van der Waals surface area (Å²) in [5, 5.41) is 9.14. The molecule has 0 amide bonds. The molecular weight excluding hydrogens is 216 g/mol. The second-order valence-corrected chi connectivity index (χ2v) is 6.23. The molecule has 2 nitrogen and oxygen atoms in total. The molecule has 0 saturated heterocycles. The van der Waals surface area contributed by atoms with Crippen LogP contribution in [0.25, 0.3) is 0 Å². The first-order valence-electron chi connectivity index (χ1n) is 5.98. The molecule has 0 fully saturated rings. The van der Waals surface area contributed by atoms with Gasteiger partial charge >= 0.3 is 0 Å². The van der Waals surface area contributed by atoms with Gasteiger partial charge in [0.2, 0.25) is 0 Å². The largest absolute Gasteiger partial charge is 0.312 e. The molecule has 0 aliphatic heterocycles. The van der Waals surface area contributed by atoms with Crippen LogP contribution in [0.1, 0.15) is 37.6 Å². The summed E-state index contributed by atoms with van der Waals surface area (Å²) in [6, 6.07) is 2.18. The maximum absolute atomic E-state index is 3.49. The molecule has 1 rings (SSSR count). The number of hydrogen-bond acceptors (Lipinski definition) is 3. The lowest BCUT2D eigenvalue weighted by Crippen LogP contribution is -2.37. The molecule has 92 valence electrons. The molecule has 1 aromatic heterocycles. The molecular formula is C13H24N2S. The summed E-state index contributed by atoms with van der Waals surface area (Å²) >= 11 is 1.84. The number of hydrogen-bond donors (Lipinski definition) is 2. The van der Waals surface area contributed by atoms with Crippen molar-refractivity contribution in [3.05, 3.63) is 21.9 Å². The van der Waals surface area contributed by atoms with Gasteiger partial charge in [0.15, 0.2) is 0 Å². The molecule has 16 heavy (non-hydrogen) atoms.